The molecule has 0 bridgehead atoms. The molecule has 2 N–H and O–H groups in total. The molecule has 1 aliphatic heterocycles. The lowest BCUT2D eigenvalue weighted by molar-refractivity contribution is -0.118. The smallest absolute Gasteiger partial charge is 0.227 e. The second-order valence-electron chi connectivity index (χ2n) is 5.83. The Hall–Kier alpha value is -1.31. The highest BCUT2D eigenvalue weighted by Gasteiger charge is 2.23. The zero-order valence-electron chi connectivity index (χ0n) is 14.1. The van der Waals surface area contributed by atoms with Crippen molar-refractivity contribution in [2.24, 2.45) is 4.99 Å². The van der Waals surface area contributed by atoms with Gasteiger partial charge in [-0.1, -0.05) is 18.2 Å². The highest BCUT2D eigenvalue weighted by molar-refractivity contribution is 14.0. The maximum absolute atomic E-state index is 12.4. The summed E-state index contributed by atoms with van der Waals surface area (Å²) >= 11 is 0. The molecule has 0 fully saturated rings. The number of anilines is 1. The molecule has 0 unspecified atom stereocenters. The van der Waals surface area contributed by atoms with E-state index in [1.54, 1.807) is 7.05 Å². The Morgan fingerprint density at radius 2 is 2.09 bits per heavy atom. The number of benzene rings is 1. The van der Waals surface area contributed by atoms with Crippen LogP contribution in [0.1, 0.15) is 32.3 Å². The first-order valence-electron chi connectivity index (χ1n) is 7.97. The molecule has 0 aliphatic carbocycles. The highest BCUT2D eigenvalue weighted by Crippen LogP contribution is 2.27. The number of hydrogen-bond donors (Lipinski definition) is 2. The third kappa shape index (κ3) is 5.67. The number of amides is 1. The summed E-state index contributed by atoms with van der Waals surface area (Å²) in [5.41, 5.74) is 2.35. The van der Waals surface area contributed by atoms with Crippen molar-refractivity contribution in [3.8, 4) is 0 Å². The summed E-state index contributed by atoms with van der Waals surface area (Å²) in [5, 5.41) is 6.46. The Morgan fingerprint density at radius 3 is 2.78 bits per heavy atom. The van der Waals surface area contributed by atoms with Crippen LogP contribution in [0.2, 0.25) is 0 Å². The van der Waals surface area contributed by atoms with Crippen molar-refractivity contribution in [2.75, 3.05) is 25.0 Å². The van der Waals surface area contributed by atoms with Crippen LogP contribution in [0.3, 0.4) is 0 Å². The molecule has 128 valence electrons. The van der Waals surface area contributed by atoms with Gasteiger partial charge in [0.25, 0.3) is 0 Å². The average Bonchev–Trinajstić information content (AvgIpc) is 2.93. The SMILES string of the molecule is CN=C(NCCCC(=O)N1CCc2ccccc21)NC(C)C.I. The highest BCUT2D eigenvalue weighted by atomic mass is 127. The molecule has 1 amide bonds. The number of rotatable bonds is 5. The predicted octanol–water partition coefficient (Wildman–Crippen LogP) is 2.55. The molecule has 0 spiro atoms. The number of carbonyl (C=O) groups is 1. The molecule has 6 heteroatoms. The summed E-state index contributed by atoms with van der Waals surface area (Å²) in [6.07, 6.45) is 2.32. The predicted molar refractivity (Wildman–Crippen MR) is 107 cm³/mol. The summed E-state index contributed by atoms with van der Waals surface area (Å²) in [7, 11) is 1.75. The molecule has 1 heterocycles. The number of hydrogen-bond acceptors (Lipinski definition) is 2. The molecule has 0 radical (unpaired) electrons. The molecule has 1 aromatic rings. The van der Waals surface area contributed by atoms with E-state index >= 15 is 0 Å². The molecule has 5 nitrogen and oxygen atoms in total. The number of fused-ring (bicyclic) bond motifs is 1. The van der Waals surface area contributed by atoms with Crippen molar-refractivity contribution in [3.05, 3.63) is 29.8 Å². The van der Waals surface area contributed by atoms with Crippen LogP contribution in [0.4, 0.5) is 5.69 Å². The zero-order chi connectivity index (χ0) is 15.9. The van der Waals surface area contributed by atoms with Gasteiger partial charge >= 0.3 is 0 Å². The third-order valence-corrected chi connectivity index (χ3v) is 3.70. The van der Waals surface area contributed by atoms with Gasteiger partial charge in [-0.2, -0.15) is 0 Å². The van der Waals surface area contributed by atoms with E-state index in [2.05, 4.69) is 35.5 Å². The minimum atomic E-state index is 0. The fourth-order valence-corrected chi connectivity index (χ4v) is 2.65. The van der Waals surface area contributed by atoms with Gasteiger partial charge < -0.3 is 15.5 Å². The fourth-order valence-electron chi connectivity index (χ4n) is 2.65. The first kappa shape index (κ1) is 19.7. The normalized spacial score (nSPS) is 13.6. The van der Waals surface area contributed by atoms with E-state index in [1.165, 1.54) is 5.56 Å². The van der Waals surface area contributed by atoms with E-state index in [0.717, 1.165) is 37.6 Å². The Labute approximate surface area is 156 Å². The van der Waals surface area contributed by atoms with Gasteiger partial charge in [0.05, 0.1) is 0 Å². The topological polar surface area (TPSA) is 56.7 Å². The van der Waals surface area contributed by atoms with E-state index < -0.39 is 0 Å². The second-order valence-corrected chi connectivity index (χ2v) is 5.83. The lowest BCUT2D eigenvalue weighted by Crippen LogP contribution is -2.41. The van der Waals surface area contributed by atoms with Gasteiger partial charge in [-0.3, -0.25) is 9.79 Å². The summed E-state index contributed by atoms with van der Waals surface area (Å²) in [4.78, 5) is 18.4. The van der Waals surface area contributed by atoms with Crippen LogP contribution < -0.4 is 15.5 Å². The molecule has 0 saturated heterocycles. The maximum Gasteiger partial charge on any atom is 0.227 e. The van der Waals surface area contributed by atoms with Crippen molar-refractivity contribution in [2.45, 2.75) is 39.2 Å². The molecule has 2 rings (SSSR count). The Morgan fingerprint density at radius 1 is 1.35 bits per heavy atom. The lowest BCUT2D eigenvalue weighted by atomic mass is 10.2. The van der Waals surface area contributed by atoms with Gasteiger partial charge in [0.2, 0.25) is 5.91 Å². The minimum Gasteiger partial charge on any atom is -0.356 e. The monoisotopic (exact) mass is 430 g/mol. The number of para-hydroxylation sites is 1. The minimum absolute atomic E-state index is 0. The first-order valence-corrected chi connectivity index (χ1v) is 7.97. The largest absolute Gasteiger partial charge is 0.356 e. The fraction of sp³-hybridized carbons (Fsp3) is 0.529. The van der Waals surface area contributed by atoms with Crippen molar-refractivity contribution < 1.29 is 4.79 Å². The van der Waals surface area contributed by atoms with E-state index in [-0.39, 0.29) is 29.9 Å². The van der Waals surface area contributed by atoms with E-state index in [9.17, 15) is 4.79 Å². The molecule has 1 aromatic carbocycles. The molecule has 23 heavy (non-hydrogen) atoms. The number of guanidine groups is 1. The van der Waals surface area contributed by atoms with Crippen LogP contribution >= 0.6 is 24.0 Å². The summed E-state index contributed by atoms with van der Waals surface area (Å²) in [5.74, 6) is 0.993. The quantitative estimate of drug-likeness (QED) is 0.327. The number of nitrogens with one attached hydrogen (secondary N) is 2. The van der Waals surface area contributed by atoms with Crippen LogP contribution in [0.25, 0.3) is 0 Å². The first-order chi connectivity index (χ1) is 10.6. The zero-order valence-corrected chi connectivity index (χ0v) is 16.5. The number of carbonyl (C=O) groups excluding carboxylic acids is 1. The summed E-state index contributed by atoms with van der Waals surface area (Å²) < 4.78 is 0. The van der Waals surface area contributed by atoms with Crippen molar-refractivity contribution >= 4 is 41.5 Å². The molecular formula is C17H27IN4O. The molecule has 0 atom stereocenters. The van der Waals surface area contributed by atoms with Crippen LogP contribution in [-0.2, 0) is 11.2 Å². The van der Waals surface area contributed by atoms with Gasteiger partial charge in [-0.15, -0.1) is 24.0 Å². The maximum atomic E-state index is 12.4. The lowest BCUT2D eigenvalue weighted by Gasteiger charge is -2.18. The van der Waals surface area contributed by atoms with Crippen LogP contribution in [-0.4, -0.2) is 38.0 Å². The molecule has 1 aliphatic rings. The number of halogens is 1. The number of nitrogens with zero attached hydrogens (tertiary/aromatic N) is 2. The standard InChI is InChI=1S/C17H26N4O.HI/c1-13(2)20-17(18-3)19-11-6-9-16(22)21-12-10-14-7-4-5-8-15(14)21;/h4-5,7-8,13H,6,9-12H2,1-3H3,(H2,18,19,20);1H. The van der Waals surface area contributed by atoms with Gasteiger partial charge in [-0.25, -0.2) is 0 Å². The van der Waals surface area contributed by atoms with Gasteiger partial charge in [-0.05, 0) is 38.3 Å². The Balaban J connectivity index is 0.00000264. The second kappa shape index (κ2) is 9.75. The van der Waals surface area contributed by atoms with E-state index in [4.69, 9.17) is 0 Å². The molecule has 0 saturated carbocycles. The van der Waals surface area contributed by atoms with E-state index in [0.29, 0.717) is 12.5 Å². The molecular weight excluding hydrogens is 403 g/mol. The van der Waals surface area contributed by atoms with Crippen molar-refractivity contribution in [1.29, 1.82) is 0 Å². The number of aliphatic imine (C=N–C) groups is 1. The van der Waals surface area contributed by atoms with Gasteiger partial charge in [0, 0.05) is 38.3 Å². The van der Waals surface area contributed by atoms with Crippen molar-refractivity contribution in [1.82, 2.24) is 10.6 Å². The van der Waals surface area contributed by atoms with Crippen LogP contribution in [0, 0.1) is 0 Å². The average molecular weight is 430 g/mol. The van der Waals surface area contributed by atoms with Crippen LogP contribution in [0.15, 0.2) is 29.3 Å². The Bertz CT molecular complexity index is 545. The Kier molecular flexibility index (Phi) is 8.36. The van der Waals surface area contributed by atoms with E-state index in [1.807, 2.05) is 23.1 Å². The third-order valence-electron chi connectivity index (χ3n) is 3.70. The summed E-state index contributed by atoms with van der Waals surface area (Å²) in [6.45, 7) is 5.69. The van der Waals surface area contributed by atoms with Gasteiger partial charge in [0.1, 0.15) is 0 Å². The summed E-state index contributed by atoms with van der Waals surface area (Å²) in [6, 6.07) is 8.50. The van der Waals surface area contributed by atoms with Crippen molar-refractivity contribution in [3.63, 3.8) is 0 Å². The molecule has 0 aromatic heterocycles. The van der Waals surface area contributed by atoms with Gasteiger partial charge in [0.15, 0.2) is 5.96 Å². The van der Waals surface area contributed by atoms with Crippen LogP contribution in [0.5, 0.6) is 0 Å².